The van der Waals surface area contributed by atoms with Crippen LogP contribution >= 0.6 is 59.0 Å². The van der Waals surface area contributed by atoms with Crippen molar-refractivity contribution in [1.82, 2.24) is 25.5 Å². The van der Waals surface area contributed by atoms with E-state index in [-0.39, 0.29) is 12.4 Å². The molecule has 0 bridgehead atoms. The molecule has 162 valence electrons. The Morgan fingerprint density at radius 1 is 1.07 bits per heavy atom. The van der Waals surface area contributed by atoms with Crippen molar-refractivity contribution in [2.45, 2.75) is 24.7 Å². The van der Waals surface area contributed by atoms with E-state index in [0.29, 0.717) is 28.2 Å². The first kappa shape index (κ1) is 25.0. The van der Waals surface area contributed by atoms with Gasteiger partial charge in [-0.1, -0.05) is 52.6 Å². The number of ether oxygens (including phenoxy) is 1. The summed E-state index contributed by atoms with van der Waals surface area (Å²) in [5, 5.41) is 17.5. The zero-order valence-electron chi connectivity index (χ0n) is 16.1. The maximum atomic E-state index is 6.23. The van der Waals surface area contributed by atoms with E-state index >= 15 is 0 Å². The number of thioether (sulfide) groups is 1. The molecule has 30 heavy (non-hydrogen) atoms. The number of nitrogens with one attached hydrogen (secondary N) is 1. The Bertz CT molecular complexity index is 956. The highest BCUT2D eigenvalue weighted by atomic mass is 35.5. The van der Waals surface area contributed by atoms with Crippen LogP contribution < -0.4 is 10.1 Å². The number of tetrazole rings is 1. The second-order valence-corrected chi connectivity index (χ2v) is 8.58. The van der Waals surface area contributed by atoms with Gasteiger partial charge in [-0.2, -0.15) is 0 Å². The number of halogens is 4. The van der Waals surface area contributed by atoms with Crippen molar-refractivity contribution in [2.75, 3.05) is 12.3 Å². The van der Waals surface area contributed by atoms with E-state index in [1.807, 2.05) is 31.3 Å². The smallest absolute Gasteiger partial charge is 0.209 e. The van der Waals surface area contributed by atoms with Gasteiger partial charge in [-0.25, -0.2) is 4.68 Å². The molecular weight excluding hydrogens is 488 g/mol. The average Bonchev–Trinajstić information content (AvgIpc) is 3.10. The Labute approximate surface area is 201 Å². The van der Waals surface area contributed by atoms with Crippen molar-refractivity contribution in [3.63, 3.8) is 0 Å². The van der Waals surface area contributed by atoms with E-state index in [1.54, 1.807) is 28.6 Å². The van der Waals surface area contributed by atoms with Gasteiger partial charge in [-0.3, -0.25) is 0 Å². The summed E-state index contributed by atoms with van der Waals surface area (Å²) in [5.41, 5.74) is 1.87. The number of aromatic nitrogens is 4. The third-order valence-electron chi connectivity index (χ3n) is 4.05. The zero-order valence-corrected chi connectivity index (χ0v) is 20.0. The van der Waals surface area contributed by atoms with Crippen molar-refractivity contribution < 1.29 is 4.74 Å². The molecule has 0 amide bonds. The van der Waals surface area contributed by atoms with Crippen LogP contribution in [0.2, 0.25) is 15.1 Å². The van der Waals surface area contributed by atoms with E-state index in [4.69, 9.17) is 39.5 Å². The number of aryl methyl sites for hydroxylation is 1. The highest BCUT2D eigenvalue weighted by Crippen LogP contribution is 2.26. The number of rotatable bonds is 10. The summed E-state index contributed by atoms with van der Waals surface area (Å²) in [6.45, 7) is 1.86. The summed E-state index contributed by atoms with van der Waals surface area (Å²) >= 11 is 20.0. The Kier molecular flexibility index (Phi) is 10.5. The molecule has 1 N–H and O–H groups in total. The molecule has 0 radical (unpaired) electrons. The summed E-state index contributed by atoms with van der Waals surface area (Å²) < 4.78 is 7.65. The Morgan fingerprint density at radius 3 is 2.57 bits per heavy atom. The Balaban J connectivity index is 0.00000320. The molecule has 0 fully saturated rings. The third-order valence-corrected chi connectivity index (χ3v) is 5.97. The second kappa shape index (κ2) is 12.6. The van der Waals surface area contributed by atoms with Crippen LogP contribution in [-0.4, -0.2) is 32.5 Å². The lowest BCUT2D eigenvalue weighted by Gasteiger charge is -2.14. The van der Waals surface area contributed by atoms with Gasteiger partial charge in [0.2, 0.25) is 5.16 Å². The molecule has 0 saturated carbocycles. The van der Waals surface area contributed by atoms with Gasteiger partial charge in [0.15, 0.2) is 0 Å². The lowest BCUT2D eigenvalue weighted by Crippen LogP contribution is -2.16. The van der Waals surface area contributed by atoms with E-state index in [9.17, 15) is 0 Å². The number of benzene rings is 2. The first-order chi connectivity index (χ1) is 14.0. The van der Waals surface area contributed by atoms with Crippen LogP contribution in [0.25, 0.3) is 0 Å². The van der Waals surface area contributed by atoms with Gasteiger partial charge >= 0.3 is 0 Å². The molecule has 3 rings (SSSR count). The molecule has 1 heterocycles. The number of hydrogen-bond acceptors (Lipinski definition) is 6. The van der Waals surface area contributed by atoms with E-state index in [2.05, 4.69) is 20.8 Å². The maximum Gasteiger partial charge on any atom is 0.209 e. The SMILES string of the molecule is Cl.Cn1nnnc1SCCCNCc1cc(Cl)ccc1OCc1ccc(Cl)cc1Cl. The molecule has 0 aliphatic heterocycles. The normalized spacial score (nSPS) is 10.7. The van der Waals surface area contributed by atoms with Crippen LogP contribution in [-0.2, 0) is 20.2 Å². The fourth-order valence-electron chi connectivity index (χ4n) is 2.55. The minimum Gasteiger partial charge on any atom is -0.489 e. The first-order valence-electron chi connectivity index (χ1n) is 8.94. The molecule has 0 unspecified atom stereocenters. The topological polar surface area (TPSA) is 64.9 Å². The predicted octanol–water partition coefficient (Wildman–Crippen LogP) is 5.44. The summed E-state index contributed by atoms with van der Waals surface area (Å²) in [6, 6.07) is 11.0. The molecule has 0 aliphatic carbocycles. The second-order valence-electron chi connectivity index (χ2n) is 6.24. The quantitative estimate of drug-likeness (QED) is 0.290. The predicted molar refractivity (Wildman–Crippen MR) is 125 cm³/mol. The Morgan fingerprint density at radius 2 is 1.83 bits per heavy atom. The molecule has 11 heteroatoms. The van der Waals surface area contributed by atoms with Gasteiger partial charge in [-0.05, 0) is 53.7 Å². The minimum absolute atomic E-state index is 0. The van der Waals surface area contributed by atoms with E-state index in [1.165, 1.54) is 0 Å². The van der Waals surface area contributed by atoms with Crippen molar-refractivity contribution in [3.8, 4) is 5.75 Å². The van der Waals surface area contributed by atoms with Crippen LogP contribution in [0.1, 0.15) is 17.5 Å². The van der Waals surface area contributed by atoms with Gasteiger partial charge in [-0.15, -0.1) is 17.5 Å². The lowest BCUT2D eigenvalue weighted by atomic mass is 10.2. The fourth-order valence-corrected chi connectivity index (χ4v) is 4.00. The molecule has 1 aromatic heterocycles. The van der Waals surface area contributed by atoms with Crippen molar-refractivity contribution in [1.29, 1.82) is 0 Å². The van der Waals surface area contributed by atoms with E-state index < -0.39 is 0 Å². The summed E-state index contributed by atoms with van der Waals surface area (Å²) in [4.78, 5) is 0. The zero-order chi connectivity index (χ0) is 20.6. The van der Waals surface area contributed by atoms with Crippen LogP contribution in [0.15, 0.2) is 41.6 Å². The summed E-state index contributed by atoms with van der Waals surface area (Å²) in [7, 11) is 1.83. The molecule has 3 aromatic rings. The summed E-state index contributed by atoms with van der Waals surface area (Å²) in [5.74, 6) is 1.70. The van der Waals surface area contributed by atoms with Gasteiger partial charge in [0, 0.05) is 45.5 Å². The molecular formula is C19H21Cl4N5OS. The van der Waals surface area contributed by atoms with Crippen LogP contribution in [0.4, 0.5) is 0 Å². The number of nitrogens with zero attached hydrogens (tertiary/aromatic N) is 4. The average molecular weight is 509 g/mol. The maximum absolute atomic E-state index is 6.23. The van der Waals surface area contributed by atoms with Crippen LogP contribution in [0, 0.1) is 0 Å². The first-order valence-corrected chi connectivity index (χ1v) is 11.1. The van der Waals surface area contributed by atoms with Crippen molar-refractivity contribution in [2.24, 2.45) is 7.05 Å². The van der Waals surface area contributed by atoms with E-state index in [0.717, 1.165) is 40.8 Å². The van der Waals surface area contributed by atoms with Gasteiger partial charge < -0.3 is 10.1 Å². The third kappa shape index (κ3) is 7.48. The molecule has 6 nitrogen and oxygen atoms in total. The monoisotopic (exact) mass is 507 g/mol. The largest absolute Gasteiger partial charge is 0.489 e. The highest BCUT2D eigenvalue weighted by Gasteiger charge is 2.08. The van der Waals surface area contributed by atoms with Gasteiger partial charge in [0.25, 0.3) is 0 Å². The highest BCUT2D eigenvalue weighted by molar-refractivity contribution is 7.99. The van der Waals surface area contributed by atoms with Crippen molar-refractivity contribution in [3.05, 3.63) is 62.6 Å². The summed E-state index contributed by atoms with van der Waals surface area (Å²) in [6.07, 6.45) is 0.981. The minimum atomic E-state index is 0. The molecule has 0 saturated heterocycles. The molecule has 0 aliphatic rings. The lowest BCUT2D eigenvalue weighted by molar-refractivity contribution is 0.302. The molecule has 2 aromatic carbocycles. The molecule has 0 spiro atoms. The van der Waals surface area contributed by atoms with Crippen LogP contribution in [0.5, 0.6) is 5.75 Å². The van der Waals surface area contributed by atoms with Gasteiger partial charge in [0.1, 0.15) is 12.4 Å². The van der Waals surface area contributed by atoms with Gasteiger partial charge in [0.05, 0.1) is 0 Å². The Hall–Kier alpha value is -1.22. The fraction of sp³-hybridized carbons (Fsp3) is 0.316. The standard InChI is InChI=1S/C19H20Cl3N5OS.ClH/c1-27-19(24-25-26-27)29-8-2-7-23-11-14-9-15(20)5-6-18(14)28-12-13-3-4-16(21)10-17(13)22;/h3-6,9-10,23H,2,7-8,11-12H2,1H3;1H. The number of hydrogen-bond donors (Lipinski definition) is 1. The van der Waals surface area contributed by atoms with Crippen LogP contribution in [0.3, 0.4) is 0 Å². The van der Waals surface area contributed by atoms with Crippen molar-refractivity contribution >= 4 is 59.0 Å². The molecule has 0 atom stereocenters.